The van der Waals surface area contributed by atoms with Crippen molar-refractivity contribution >= 4 is 16.7 Å². The van der Waals surface area contributed by atoms with Crippen molar-refractivity contribution in [1.82, 2.24) is 4.98 Å². The van der Waals surface area contributed by atoms with E-state index in [0.717, 1.165) is 29.5 Å². The molecule has 0 radical (unpaired) electrons. The maximum Gasteiger partial charge on any atom is 0.303 e. The van der Waals surface area contributed by atoms with Gasteiger partial charge in [0.1, 0.15) is 0 Å². The normalized spacial score (nSPS) is 16.5. The summed E-state index contributed by atoms with van der Waals surface area (Å²) >= 11 is 0. The van der Waals surface area contributed by atoms with E-state index in [1.807, 2.05) is 13.1 Å². The van der Waals surface area contributed by atoms with Crippen LogP contribution in [0.25, 0.3) is 10.8 Å². The number of pyridine rings is 1. The Morgan fingerprint density at radius 3 is 2.84 bits per heavy atom. The Bertz CT molecular complexity index is 632. The summed E-state index contributed by atoms with van der Waals surface area (Å²) in [5.41, 5.74) is 2.15. The lowest BCUT2D eigenvalue weighted by atomic mass is 9.90. The highest BCUT2D eigenvalue weighted by Crippen LogP contribution is 2.44. The third kappa shape index (κ3) is 2.60. The van der Waals surface area contributed by atoms with Gasteiger partial charge in [0.25, 0.3) is 0 Å². The molecule has 0 aliphatic heterocycles. The van der Waals surface area contributed by atoms with Gasteiger partial charge in [-0.1, -0.05) is 12.1 Å². The topological polar surface area (TPSA) is 50.2 Å². The van der Waals surface area contributed by atoms with Crippen molar-refractivity contribution in [2.75, 3.05) is 0 Å². The van der Waals surface area contributed by atoms with Crippen molar-refractivity contribution in [2.24, 2.45) is 5.92 Å². The second-order valence-corrected chi connectivity index (χ2v) is 5.47. The highest BCUT2D eigenvalue weighted by molar-refractivity contribution is 5.83. The van der Waals surface area contributed by atoms with Gasteiger partial charge < -0.3 is 5.11 Å². The molecule has 0 bridgehead atoms. The molecule has 0 saturated heterocycles. The molecular weight excluding hydrogens is 238 g/mol. The summed E-state index contributed by atoms with van der Waals surface area (Å²) < 4.78 is 0. The number of carbonyl (C=O) groups is 1. The van der Waals surface area contributed by atoms with Crippen LogP contribution in [0.4, 0.5) is 0 Å². The molecule has 1 fully saturated rings. The molecule has 3 heteroatoms. The number of nitrogens with zero attached hydrogens (tertiary/aromatic N) is 1. The number of carboxylic acid groups (broad SMARTS) is 1. The summed E-state index contributed by atoms with van der Waals surface area (Å²) in [4.78, 5) is 15.3. The lowest BCUT2D eigenvalue weighted by Gasteiger charge is -2.15. The molecule has 1 unspecified atom stereocenters. The molecule has 3 nitrogen and oxygen atoms in total. The maximum absolute atomic E-state index is 11.0. The van der Waals surface area contributed by atoms with Crippen molar-refractivity contribution in [1.29, 1.82) is 0 Å². The van der Waals surface area contributed by atoms with Crippen LogP contribution in [0.1, 0.15) is 36.4 Å². The van der Waals surface area contributed by atoms with Crippen molar-refractivity contribution < 1.29 is 9.90 Å². The lowest BCUT2D eigenvalue weighted by Crippen LogP contribution is -2.08. The van der Waals surface area contributed by atoms with Gasteiger partial charge in [-0.15, -0.1) is 0 Å². The summed E-state index contributed by atoms with van der Waals surface area (Å²) in [6.07, 6.45) is 4.42. The summed E-state index contributed by atoms with van der Waals surface area (Å²) in [6, 6.07) is 8.32. The van der Waals surface area contributed by atoms with Gasteiger partial charge in [0.05, 0.1) is 6.42 Å². The number of carboxylic acids is 1. The van der Waals surface area contributed by atoms with E-state index in [4.69, 9.17) is 5.11 Å². The first-order chi connectivity index (χ1) is 9.13. The number of aliphatic carboxylic acids is 1. The maximum atomic E-state index is 11.0. The average Bonchev–Trinajstić information content (AvgIpc) is 3.19. The first-order valence-corrected chi connectivity index (χ1v) is 6.71. The molecule has 1 aliphatic rings. The number of hydrogen-bond acceptors (Lipinski definition) is 2. The van der Waals surface area contributed by atoms with Crippen LogP contribution in [0.5, 0.6) is 0 Å². The average molecular weight is 255 g/mol. The first-order valence-electron chi connectivity index (χ1n) is 6.71. The van der Waals surface area contributed by atoms with Crippen molar-refractivity contribution in [2.45, 2.75) is 32.1 Å². The van der Waals surface area contributed by atoms with Crippen molar-refractivity contribution in [3.05, 3.63) is 41.7 Å². The van der Waals surface area contributed by atoms with Crippen LogP contribution in [0, 0.1) is 12.8 Å². The Morgan fingerprint density at radius 2 is 2.16 bits per heavy atom. The number of fused-ring (bicyclic) bond motifs is 1. The van der Waals surface area contributed by atoms with Gasteiger partial charge in [-0.25, -0.2) is 0 Å². The zero-order valence-corrected chi connectivity index (χ0v) is 11.0. The monoisotopic (exact) mass is 255 g/mol. The third-order valence-corrected chi connectivity index (χ3v) is 3.90. The molecule has 1 heterocycles. The van der Waals surface area contributed by atoms with Gasteiger partial charge in [0.2, 0.25) is 0 Å². The van der Waals surface area contributed by atoms with Crippen molar-refractivity contribution in [3.8, 4) is 0 Å². The van der Waals surface area contributed by atoms with Gasteiger partial charge in [-0.05, 0) is 54.7 Å². The molecule has 3 rings (SSSR count). The van der Waals surface area contributed by atoms with Gasteiger partial charge in [-0.2, -0.15) is 0 Å². The predicted octanol–water partition coefficient (Wildman–Crippen LogP) is 3.51. The Kier molecular flexibility index (Phi) is 2.97. The summed E-state index contributed by atoms with van der Waals surface area (Å²) in [6.45, 7) is 1.98. The van der Waals surface area contributed by atoms with E-state index < -0.39 is 5.97 Å². The second-order valence-electron chi connectivity index (χ2n) is 5.47. The van der Waals surface area contributed by atoms with Crippen molar-refractivity contribution in [3.63, 3.8) is 0 Å². The van der Waals surface area contributed by atoms with E-state index in [-0.39, 0.29) is 12.3 Å². The Morgan fingerprint density at radius 1 is 1.37 bits per heavy atom. The second kappa shape index (κ2) is 4.65. The molecule has 98 valence electrons. The molecule has 1 aromatic heterocycles. The quantitative estimate of drug-likeness (QED) is 0.909. The largest absolute Gasteiger partial charge is 0.481 e. The summed E-state index contributed by atoms with van der Waals surface area (Å²) in [7, 11) is 0. The molecule has 19 heavy (non-hydrogen) atoms. The SMILES string of the molecule is Cc1cc2ccc(C(CC(=O)O)C3CC3)cc2cn1. The summed E-state index contributed by atoms with van der Waals surface area (Å²) in [5.74, 6) is -0.00538. The molecule has 1 saturated carbocycles. The molecule has 0 spiro atoms. The van der Waals surface area contributed by atoms with Crippen LogP contribution in [0.15, 0.2) is 30.5 Å². The molecule has 2 aromatic rings. The number of benzene rings is 1. The van der Waals surface area contributed by atoms with Crippen LogP contribution >= 0.6 is 0 Å². The van der Waals surface area contributed by atoms with E-state index >= 15 is 0 Å². The fourth-order valence-corrected chi connectivity index (χ4v) is 2.74. The highest BCUT2D eigenvalue weighted by atomic mass is 16.4. The third-order valence-electron chi connectivity index (χ3n) is 3.90. The van der Waals surface area contributed by atoms with Crippen LogP contribution in [-0.4, -0.2) is 16.1 Å². The fraction of sp³-hybridized carbons (Fsp3) is 0.375. The van der Waals surface area contributed by atoms with E-state index in [1.165, 1.54) is 5.39 Å². The first kappa shape index (κ1) is 12.2. The minimum Gasteiger partial charge on any atom is -0.481 e. The number of aromatic nitrogens is 1. The van der Waals surface area contributed by atoms with Crippen LogP contribution in [0.2, 0.25) is 0 Å². The van der Waals surface area contributed by atoms with Crippen LogP contribution in [0.3, 0.4) is 0 Å². The fourth-order valence-electron chi connectivity index (χ4n) is 2.74. The Hall–Kier alpha value is -1.90. The minimum absolute atomic E-state index is 0.156. The van der Waals surface area contributed by atoms with Gasteiger partial charge in [0, 0.05) is 17.3 Å². The molecule has 1 aromatic carbocycles. The molecule has 1 atom stereocenters. The number of rotatable bonds is 4. The minimum atomic E-state index is -0.709. The van der Waals surface area contributed by atoms with Crippen LogP contribution < -0.4 is 0 Å². The van der Waals surface area contributed by atoms with Crippen LogP contribution in [-0.2, 0) is 4.79 Å². The lowest BCUT2D eigenvalue weighted by molar-refractivity contribution is -0.137. The van der Waals surface area contributed by atoms with Gasteiger partial charge >= 0.3 is 5.97 Å². The smallest absolute Gasteiger partial charge is 0.303 e. The Labute approximate surface area is 112 Å². The molecule has 1 N–H and O–H groups in total. The van der Waals surface area contributed by atoms with Gasteiger partial charge in [-0.3, -0.25) is 9.78 Å². The standard InChI is InChI=1S/C16H17NO2/c1-10-6-12-4-5-13(7-14(12)9-17-10)15(8-16(18)19)11-2-3-11/h4-7,9,11,15H,2-3,8H2,1H3,(H,18,19). The zero-order chi connectivity index (χ0) is 13.4. The molecule has 0 amide bonds. The number of aryl methyl sites for hydroxylation is 1. The van der Waals surface area contributed by atoms with E-state index in [2.05, 4.69) is 29.2 Å². The summed E-state index contributed by atoms with van der Waals surface area (Å²) in [5, 5.41) is 11.3. The van der Waals surface area contributed by atoms with Gasteiger partial charge in [0.15, 0.2) is 0 Å². The number of hydrogen-bond donors (Lipinski definition) is 1. The highest BCUT2D eigenvalue weighted by Gasteiger charge is 2.33. The molecule has 1 aliphatic carbocycles. The predicted molar refractivity (Wildman–Crippen MR) is 74.2 cm³/mol. The Balaban J connectivity index is 1.98. The van der Waals surface area contributed by atoms with E-state index in [9.17, 15) is 4.79 Å². The van der Waals surface area contributed by atoms with E-state index in [1.54, 1.807) is 0 Å². The zero-order valence-electron chi connectivity index (χ0n) is 11.0. The molecular formula is C16H17NO2. The van der Waals surface area contributed by atoms with E-state index in [0.29, 0.717) is 5.92 Å².